The minimum atomic E-state index is 0.725. The van der Waals surface area contributed by atoms with E-state index in [0.717, 1.165) is 43.3 Å². The van der Waals surface area contributed by atoms with E-state index in [1.807, 2.05) is 18.2 Å². The Bertz CT molecular complexity index is 564. The topological polar surface area (TPSA) is 9.23 Å². The number of hydrogen-bond acceptors (Lipinski definition) is 1. The lowest BCUT2D eigenvalue weighted by molar-refractivity contribution is 0.315. The van der Waals surface area contributed by atoms with E-state index in [1.54, 1.807) is 0 Å². The van der Waals surface area contributed by atoms with Gasteiger partial charge in [0, 0.05) is 8.95 Å². The molecular formula is C15H13Br3O. The first-order valence-electron chi connectivity index (χ1n) is 6.00. The molecule has 0 aromatic heterocycles. The van der Waals surface area contributed by atoms with E-state index in [1.165, 1.54) is 0 Å². The Hall–Kier alpha value is -0.320. The number of hydrogen-bond donors (Lipinski definition) is 0. The van der Waals surface area contributed by atoms with E-state index in [-0.39, 0.29) is 0 Å². The van der Waals surface area contributed by atoms with E-state index in [0.29, 0.717) is 0 Å². The summed E-state index contributed by atoms with van der Waals surface area (Å²) in [5.74, 6) is 0.870. The predicted octanol–water partition coefficient (Wildman–Crippen LogP) is 6.43. The van der Waals surface area contributed by atoms with Crippen LogP contribution >= 0.6 is 47.8 Å². The van der Waals surface area contributed by atoms with Gasteiger partial charge in [-0.1, -0.05) is 35.0 Å². The number of halogens is 3. The molecule has 0 radical (unpaired) electrons. The molecule has 0 saturated carbocycles. The summed E-state index contributed by atoms with van der Waals surface area (Å²) in [6, 6.07) is 12.3. The van der Waals surface area contributed by atoms with Gasteiger partial charge in [-0.05, 0) is 73.7 Å². The van der Waals surface area contributed by atoms with Gasteiger partial charge in [0.1, 0.15) is 5.75 Å². The van der Waals surface area contributed by atoms with Gasteiger partial charge in [-0.25, -0.2) is 0 Å². The SMILES string of the molecule is CCCOc1ccc(-c2ccc(Br)cc2)c(Br)c1Br. The van der Waals surface area contributed by atoms with Crippen molar-refractivity contribution in [3.8, 4) is 16.9 Å². The van der Waals surface area contributed by atoms with E-state index < -0.39 is 0 Å². The van der Waals surface area contributed by atoms with Crippen molar-refractivity contribution in [3.63, 3.8) is 0 Å². The Morgan fingerprint density at radius 1 is 0.895 bits per heavy atom. The zero-order valence-corrected chi connectivity index (χ0v) is 15.2. The number of benzene rings is 2. The van der Waals surface area contributed by atoms with Crippen molar-refractivity contribution in [3.05, 3.63) is 49.8 Å². The first kappa shape index (κ1) is 15.1. The molecule has 1 nitrogen and oxygen atoms in total. The quantitative estimate of drug-likeness (QED) is 0.523. The van der Waals surface area contributed by atoms with Crippen molar-refractivity contribution < 1.29 is 4.74 Å². The van der Waals surface area contributed by atoms with Gasteiger partial charge in [0.25, 0.3) is 0 Å². The van der Waals surface area contributed by atoms with Crippen molar-refractivity contribution in [2.75, 3.05) is 6.61 Å². The van der Waals surface area contributed by atoms with Crippen LogP contribution in [-0.2, 0) is 0 Å². The minimum absolute atomic E-state index is 0.725. The second kappa shape index (κ2) is 6.91. The molecule has 100 valence electrons. The maximum Gasteiger partial charge on any atom is 0.134 e. The van der Waals surface area contributed by atoms with Crippen molar-refractivity contribution in [2.24, 2.45) is 0 Å². The van der Waals surface area contributed by atoms with Crippen LogP contribution in [-0.4, -0.2) is 6.61 Å². The van der Waals surface area contributed by atoms with Crippen molar-refractivity contribution in [1.82, 2.24) is 0 Å². The zero-order valence-electron chi connectivity index (χ0n) is 10.4. The average Bonchev–Trinajstić information content (AvgIpc) is 2.42. The van der Waals surface area contributed by atoms with Crippen LogP contribution in [0.2, 0.25) is 0 Å². The number of rotatable bonds is 4. The second-order valence-corrected chi connectivity index (χ2v) is 6.60. The van der Waals surface area contributed by atoms with E-state index in [4.69, 9.17) is 4.74 Å². The van der Waals surface area contributed by atoms with Gasteiger partial charge in [-0.15, -0.1) is 0 Å². The van der Waals surface area contributed by atoms with Crippen LogP contribution in [0.1, 0.15) is 13.3 Å². The zero-order chi connectivity index (χ0) is 13.8. The van der Waals surface area contributed by atoms with Crippen molar-refractivity contribution in [1.29, 1.82) is 0 Å². The molecular weight excluding hydrogens is 436 g/mol. The van der Waals surface area contributed by atoms with Crippen molar-refractivity contribution >= 4 is 47.8 Å². The predicted molar refractivity (Wildman–Crippen MR) is 90.8 cm³/mol. The van der Waals surface area contributed by atoms with Crippen LogP contribution in [0.15, 0.2) is 49.8 Å². The Morgan fingerprint density at radius 2 is 1.58 bits per heavy atom. The molecule has 0 bridgehead atoms. The van der Waals surface area contributed by atoms with Gasteiger partial charge in [-0.3, -0.25) is 0 Å². The third-order valence-corrected chi connectivity index (χ3v) is 5.34. The Morgan fingerprint density at radius 3 is 2.21 bits per heavy atom. The second-order valence-electron chi connectivity index (χ2n) is 4.09. The molecule has 0 unspecified atom stereocenters. The molecule has 0 atom stereocenters. The van der Waals surface area contributed by atoms with Gasteiger partial charge in [0.2, 0.25) is 0 Å². The molecule has 2 aromatic carbocycles. The maximum absolute atomic E-state index is 5.69. The molecule has 4 heteroatoms. The van der Waals surface area contributed by atoms with Gasteiger partial charge >= 0.3 is 0 Å². The monoisotopic (exact) mass is 446 g/mol. The fourth-order valence-corrected chi connectivity index (χ4v) is 2.99. The molecule has 2 rings (SSSR count). The lowest BCUT2D eigenvalue weighted by atomic mass is 10.1. The fraction of sp³-hybridized carbons (Fsp3) is 0.200. The Kier molecular flexibility index (Phi) is 5.48. The molecule has 0 aliphatic heterocycles. The lowest BCUT2D eigenvalue weighted by Gasteiger charge is -2.12. The summed E-state index contributed by atoms with van der Waals surface area (Å²) in [5, 5.41) is 0. The molecule has 19 heavy (non-hydrogen) atoms. The van der Waals surface area contributed by atoms with Crippen LogP contribution < -0.4 is 4.74 Å². The summed E-state index contributed by atoms with van der Waals surface area (Å²) in [7, 11) is 0. The Labute approximate surface area is 138 Å². The molecule has 0 N–H and O–H groups in total. The van der Waals surface area contributed by atoms with Crippen LogP contribution in [0.5, 0.6) is 5.75 Å². The summed E-state index contributed by atoms with van der Waals surface area (Å²) in [5.41, 5.74) is 2.31. The average molecular weight is 449 g/mol. The summed E-state index contributed by atoms with van der Waals surface area (Å²) >= 11 is 10.7. The molecule has 0 aliphatic carbocycles. The summed E-state index contributed by atoms with van der Waals surface area (Å²) in [4.78, 5) is 0. The first-order valence-corrected chi connectivity index (χ1v) is 8.38. The molecule has 0 spiro atoms. The highest BCUT2D eigenvalue weighted by Gasteiger charge is 2.11. The number of ether oxygens (including phenoxy) is 1. The highest BCUT2D eigenvalue weighted by atomic mass is 79.9. The summed E-state index contributed by atoms with van der Waals surface area (Å²) in [6.45, 7) is 2.82. The van der Waals surface area contributed by atoms with Crippen molar-refractivity contribution in [2.45, 2.75) is 13.3 Å². The standard InChI is InChI=1S/C15H13Br3O/c1-2-9-19-13-8-7-12(14(17)15(13)18)10-3-5-11(16)6-4-10/h3-8H,2,9H2,1H3. The summed E-state index contributed by atoms with van der Waals surface area (Å²) in [6.07, 6.45) is 0.999. The van der Waals surface area contributed by atoms with E-state index in [9.17, 15) is 0 Å². The van der Waals surface area contributed by atoms with Crippen LogP contribution in [0.3, 0.4) is 0 Å². The van der Waals surface area contributed by atoms with Crippen LogP contribution in [0.4, 0.5) is 0 Å². The Balaban J connectivity index is 2.38. The van der Waals surface area contributed by atoms with Crippen LogP contribution in [0.25, 0.3) is 11.1 Å². The normalized spacial score (nSPS) is 10.5. The third-order valence-electron chi connectivity index (χ3n) is 2.66. The minimum Gasteiger partial charge on any atom is -0.492 e. The highest BCUT2D eigenvalue weighted by molar-refractivity contribution is 9.13. The smallest absolute Gasteiger partial charge is 0.134 e. The fourth-order valence-electron chi connectivity index (χ4n) is 1.71. The van der Waals surface area contributed by atoms with Gasteiger partial charge < -0.3 is 4.74 Å². The van der Waals surface area contributed by atoms with Gasteiger partial charge in [0.05, 0.1) is 11.1 Å². The maximum atomic E-state index is 5.69. The van der Waals surface area contributed by atoms with E-state index in [2.05, 4.69) is 72.9 Å². The molecule has 0 fully saturated rings. The molecule has 0 amide bonds. The van der Waals surface area contributed by atoms with E-state index >= 15 is 0 Å². The van der Waals surface area contributed by atoms with Gasteiger partial charge in [-0.2, -0.15) is 0 Å². The summed E-state index contributed by atoms with van der Waals surface area (Å²) < 4.78 is 8.75. The highest BCUT2D eigenvalue weighted by Crippen LogP contribution is 2.40. The molecule has 0 aliphatic rings. The third kappa shape index (κ3) is 3.61. The lowest BCUT2D eigenvalue weighted by Crippen LogP contribution is -1.96. The molecule has 2 aromatic rings. The van der Waals surface area contributed by atoms with Gasteiger partial charge in [0.15, 0.2) is 0 Å². The largest absolute Gasteiger partial charge is 0.492 e. The molecule has 0 heterocycles. The first-order chi connectivity index (χ1) is 9.13. The van der Waals surface area contributed by atoms with Crippen LogP contribution in [0, 0.1) is 0 Å². The molecule has 0 saturated heterocycles.